The quantitative estimate of drug-likeness (QED) is 0.383. The number of benzene rings is 2. The summed E-state index contributed by atoms with van der Waals surface area (Å²) < 4.78 is 26.8. The Morgan fingerprint density at radius 2 is 1.93 bits per heavy atom. The van der Waals surface area contributed by atoms with Gasteiger partial charge in [-0.05, 0) is 35.9 Å². The van der Waals surface area contributed by atoms with Gasteiger partial charge in [-0.1, -0.05) is 18.2 Å². The molecule has 0 fully saturated rings. The first-order valence-corrected chi connectivity index (χ1v) is 9.42. The molecule has 1 aliphatic rings. The van der Waals surface area contributed by atoms with Crippen molar-refractivity contribution < 1.29 is 33.3 Å². The molecule has 0 saturated carbocycles. The summed E-state index contributed by atoms with van der Waals surface area (Å²) in [7, 11) is 1.53. The number of hydrogen-bond acceptors (Lipinski definition) is 7. The Kier molecular flexibility index (Phi) is 7.54. The highest BCUT2D eigenvalue weighted by Crippen LogP contribution is 2.40. The number of carbonyl (C=O) groups excluding carboxylic acids is 2. The van der Waals surface area contributed by atoms with Crippen LogP contribution in [0.3, 0.4) is 0 Å². The number of fused-ring (bicyclic) bond motifs is 1. The molecule has 8 heteroatoms. The minimum atomic E-state index is -0.639. The highest BCUT2D eigenvalue weighted by molar-refractivity contribution is 5.89. The first-order chi connectivity index (χ1) is 14.7. The molecule has 1 heterocycles. The maximum atomic E-state index is 11.9. The van der Waals surface area contributed by atoms with Crippen LogP contribution in [0.4, 0.5) is 0 Å². The number of para-hydroxylation sites is 1. The van der Waals surface area contributed by atoms with Crippen LogP contribution in [0.1, 0.15) is 5.56 Å². The predicted octanol–water partition coefficient (Wildman–Crippen LogP) is 2.22. The van der Waals surface area contributed by atoms with Crippen molar-refractivity contribution in [1.29, 1.82) is 0 Å². The first-order valence-electron chi connectivity index (χ1n) is 9.42. The maximum Gasteiger partial charge on any atom is 0.331 e. The molecule has 1 aliphatic heterocycles. The van der Waals surface area contributed by atoms with E-state index in [0.717, 1.165) is 5.75 Å². The monoisotopic (exact) mass is 413 g/mol. The van der Waals surface area contributed by atoms with Gasteiger partial charge in [-0.15, -0.1) is 0 Å². The lowest BCUT2D eigenvalue weighted by molar-refractivity contribution is -0.143. The molecule has 0 aliphatic carbocycles. The second kappa shape index (κ2) is 10.8. The van der Waals surface area contributed by atoms with Gasteiger partial charge in [0.05, 0.1) is 13.7 Å². The lowest BCUT2D eigenvalue weighted by Crippen LogP contribution is -2.31. The van der Waals surface area contributed by atoms with Crippen LogP contribution in [0.5, 0.6) is 23.0 Å². The van der Waals surface area contributed by atoms with Crippen molar-refractivity contribution in [1.82, 2.24) is 5.32 Å². The zero-order valence-electron chi connectivity index (χ0n) is 16.6. The average Bonchev–Trinajstić information content (AvgIpc) is 2.79. The topological polar surface area (TPSA) is 92.3 Å². The Hall–Kier alpha value is -3.68. The summed E-state index contributed by atoms with van der Waals surface area (Å²) in [6.07, 6.45) is 2.78. The van der Waals surface area contributed by atoms with Gasteiger partial charge in [0.25, 0.3) is 5.91 Å². The van der Waals surface area contributed by atoms with Crippen LogP contribution in [0, 0.1) is 0 Å². The second-order valence-electron chi connectivity index (χ2n) is 6.20. The SMILES string of the molecule is COc1cc(/C=C/C(=O)OCC(=O)NCCOc2ccccc2)cc2c1OCCO2. The molecule has 8 nitrogen and oxygen atoms in total. The molecule has 1 amide bonds. The minimum absolute atomic E-state index is 0.304. The van der Waals surface area contributed by atoms with Crippen molar-refractivity contribution >= 4 is 18.0 Å². The number of nitrogens with one attached hydrogen (secondary N) is 1. The molecule has 0 bridgehead atoms. The van der Waals surface area contributed by atoms with Gasteiger partial charge in [-0.2, -0.15) is 0 Å². The number of hydrogen-bond donors (Lipinski definition) is 1. The van der Waals surface area contributed by atoms with E-state index in [1.807, 2.05) is 30.3 Å². The Balaban J connectivity index is 1.41. The third-order valence-corrected chi connectivity index (χ3v) is 4.04. The van der Waals surface area contributed by atoms with E-state index in [4.69, 9.17) is 23.7 Å². The fraction of sp³-hybridized carbons (Fsp3) is 0.273. The third-order valence-electron chi connectivity index (χ3n) is 4.04. The first kappa shape index (κ1) is 21.0. The van der Waals surface area contributed by atoms with E-state index in [1.165, 1.54) is 13.2 Å². The van der Waals surface area contributed by atoms with E-state index in [-0.39, 0.29) is 6.61 Å². The van der Waals surface area contributed by atoms with Gasteiger partial charge in [0.2, 0.25) is 5.75 Å². The van der Waals surface area contributed by atoms with E-state index in [0.29, 0.717) is 49.2 Å². The van der Waals surface area contributed by atoms with Crippen LogP contribution in [0.2, 0.25) is 0 Å². The molecule has 0 unspecified atom stereocenters. The van der Waals surface area contributed by atoms with Crippen molar-refractivity contribution in [2.24, 2.45) is 0 Å². The average molecular weight is 413 g/mol. The van der Waals surface area contributed by atoms with E-state index >= 15 is 0 Å². The van der Waals surface area contributed by atoms with Gasteiger partial charge in [0.1, 0.15) is 25.6 Å². The molecule has 0 radical (unpaired) electrons. The molecule has 1 N–H and O–H groups in total. The highest BCUT2D eigenvalue weighted by atomic mass is 16.6. The van der Waals surface area contributed by atoms with Crippen LogP contribution in [-0.2, 0) is 14.3 Å². The number of methoxy groups -OCH3 is 1. The standard InChI is InChI=1S/C22H23NO7/c1-26-18-13-16(14-19-22(18)29-12-11-28-19)7-8-21(25)30-15-20(24)23-9-10-27-17-5-3-2-4-6-17/h2-8,13-14H,9-12,15H2,1H3,(H,23,24)/b8-7+. The van der Waals surface area contributed by atoms with Gasteiger partial charge in [-0.25, -0.2) is 4.79 Å². The Bertz CT molecular complexity index is 879. The van der Waals surface area contributed by atoms with E-state index < -0.39 is 11.9 Å². The Labute approximate surface area is 174 Å². The largest absolute Gasteiger partial charge is 0.493 e. The molecule has 2 aromatic rings. The van der Waals surface area contributed by atoms with E-state index in [1.54, 1.807) is 18.2 Å². The van der Waals surface area contributed by atoms with Crippen molar-refractivity contribution in [3.63, 3.8) is 0 Å². The molecule has 0 aromatic heterocycles. The van der Waals surface area contributed by atoms with Crippen LogP contribution >= 0.6 is 0 Å². The van der Waals surface area contributed by atoms with Crippen molar-refractivity contribution in [3.8, 4) is 23.0 Å². The summed E-state index contributed by atoms with van der Waals surface area (Å²) in [5.74, 6) is 1.27. The summed E-state index contributed by atoms with van der Waals surface area (Å²) in [5, 5.41) is 2.62. The molecule has 158 valence electrons. The Morgan fingerprint density at radius 3 is 2.73 bits per heavy atom. The second-order valence-corrected chi connectivity index (χ2v) is 6.20. The number of ether oxygens (including phenoxy) is 5. The van der Waals surface area contributed by atoms with Gasteiger partial charge < -0.3 is 29.0 Å². The lowest BCUT2D eigenvalue weighted by atomic mass is 10.1. The van der Waals surface area contributed by atoms with E-state index in [9.17, 15) is 9.59 Å². The molecule has 3 rings (SSSR count). The fourth-order valence-electron chi connectivity index (χ4n) is 2.67. The molecule has 0 saturated heterocycles. The minimum Gasteiger partial charge on any atom is -0.493 e. The molecular formula is C22H23NO7. The van der Waals surface area contributed by atoms with Crippen LogP contribution in [0.15, 0.2) is 48.5 Å². The number of carbonyl (C=O) groups is 2. The molecule has 0 spiro atoms. The maximum absolute atomic E-state index is 11.9. The third kappa shape index (κ3) is 6.16. The van der Waals surface area contributed by atoms with Gasteiger partial charge in [0.15, 0.2) is 18.1 Å². The van der Waals surface area contributed by atoms with Crippen LogP contribution in [0.25, 0.3) is 6.08 Å². The molecule has 0 atom stereocenters. The predicted molar refractivity (Wildman–Crippen MR) is 109 cm³/mol. The molecule has 30 heavy (non-hydrogen) atoms. The molecular weight excluding hydrogens is 390 g/mol. The zero-order chi connectivity index (χ0) is 21.2. The summed E-state index contributed by atoms with van der Waals surface area (Å²) in [6.45, 7) is 1.13. The van der Waals surface area contributed by atoms with Gasteiger partial charge in [0, 0.05) is 6.08 Å². The summed E-state index contributed by atoms with van der Waals surface area (Å²) in [5.41, 5.74) is 0.676. The normalized spacial score (nSPS) is 12.3. The summed E-state index contributed by atoms with van der Waals surface area (Å²) in [4.78, 5) is 23.6. The van der Waals surface area contributed by atoms with E-state index in [2.05, 4.69) is 5.32 Å². The van der Waals surface area contributed by atoms with Crippen molar-refractivity contribution in [3.05, 3.63) is 54.1 Å². The fourth-order valence-corrected chi connectivity index (χ4v) is 2.67. The van der Waals surface area contributed by atoms with Gasteiger partial charge in [-0.3, -0.25) is 4.79 Å². The summed E-state index contributed by atoms with van der Waals surface area (Å²) >= 11 is 0. The van der Waals surface area contributed by atoms with Crippen molar-refractivity contribution in [2.75, 3.05) is 40.1 Å². The smallest absolute Gasteiger partial charge is 0.331 e. The lowest BCUT2D eigenvalue weighted by Gasteiger charge is -2.20. The highest BCUT2D eigenvalue weighted by Gasteiger charge is 2.17. The van der Waals surface area contributed by atoms with Gasteiger partial charge >= 0.3 is 5.97 Å². The Morgan fingerprint density at radius 1 is 1.13 bits per heavy atom. The number of esters is 1. The van der Waals surface area contributed by atoms with Crippen molar-refractivity contribution in [2.45, 2.75) is 0 Å². The number of rotatable bonds is 9. The van der Waals surface area contributed by atoms with Crippen LogP contribution in [-0.4, -0.2) is 52.0 Å². The number of amides is 1. The summed E-state index contributed by atoms with van der Waals surface area (Å²) in [6, 6.07) is 12.7. The van der Waals surface area contributed by atoms with Crippen LogP contribution < -0.4 is 24.3 Å². The zero-order valence-corrected chi connectivity index (χ0v) is 16.6. The molecule has 2 aromatic carbocycles.